The van der Waals surface area contributed by atoms with Crippen LogP contribution in [0, 0.1) is 29.5 Å². The Hall–Kier alpha value is -1.84. The summed E-state index contributed by atoms with van der Waals surface area (Å²) >= 11 is 0. The van der Waals surface area contributed by atoms with Crippen molar-refractivity contribution in [3.63, 3.8) is 0 Å². The van der Waals surface area contributed by atoms with Crippen LogP contribution in [0.2, 0.25) is 0 Å². The van der Waals surface area contributed by atoms with Gasteiger partial charge in [-0.2, -0.15) is 5.26 Å². The van der Waals surface area contributed by atoms with Gasteiger partial charge in [0, 0.05) is 25.1 Å². The van der Waals surface area contributed by atoms with Crippen molar-refractivity contribution in [2.45, 2.75) is 13.0 Å². The fraction of sp³-hybridized carbons (Fsp3) is 0.250. The smallest absolute Gasteiger partial charge is 0.129 e. The van der Waals surface area contributed by atoms with Gasteiger partial charge in [-0.1, -0.05) is 6.07 Å². The van der Waals surface area contributed by atoms with Crippen molar-refractivity contribution in [2.75, 3.05) is 6.54 Å². The molecular formula is C12H11FN2. The van der Waals surface area contributed by atoms with E-state index in [2.05, 4.69) is 11.2 Å². The first-order valence-corrected chi connectivity index (χ1v) is 4.60. The Kier molecular flexibility index (Phi) is 4.34. The van der Waals surface area contributed by atoms with Crippen LogP contribution in [0.1, 0.15) is 17.5 Å². The lowest BCUT2D eigenvalue weighted by Crippen LogP contribution is -2.15. The first kappa shape index (κ1) is 11.2. The lowest BCUT2D eigenvalue weighted by atomic mass is 10.1. The largest absolute Gasteiger partial charge is 0.312 e. The first-order chi connectivity index (χ1) is 7.27. The Labute approximate surface area is 88.7 Å². The molecule has 0 aliphatic carbocycles. The number of halogens is 1. The number of hydrogen-bond acceptors (Lipinski definition) is 2. The van der Waals surface area contributed by atoms with Gasteiger partial charge in [0.15, 0.2) is 0 Å². The van der Waals surface area contributed by atoms with Gasteiger partial charge in [-0.25, -0.2) is 4.39 Å². The molecule has 3 heteroatoms. The number of rotatable bonds is 4. The fourth-order valence-corrected chi connectivity index (χ4v) is 1.14. The summed E-state index contributed by atoms with van der Waals surface area (Å²) in [5.74, 6) is 2.13. The molecule has 0 bridgehead atoms. The number of benzene rings is 1. The Morgan fingerprint density at radius 2 is 2.27 bits per heavy atom. The van der Waals surface area contributed by atoms with E-state index in [0.717, 1.165) is 0 Å². The Morgan fingerprint density at radius 1 is 1.47 bits per heavy atom. The molecule has 0 spiro atoms. The maximum atomic E-state index is 13.3. The van der Waals surface area contributed by atoms with Gasteiger partial charge in [0.1, 0.15) is 5.82 Å². The maximum absolute atomic E-state index is 13.3. The van der Waals surface area contributed by atoms with Gasteiger partial charge in [0.05, 0.1) is 11.6 Å². The standard InChI is InChI=1S/C12H11FN2/c1-2-3-6-15-9-11-5-4-10(8-14)7-12(11)13/h1,4-5,7,15H,3,6,9H2. The van der Waals surface area contributed by atoms with Crippen LogP contribution in [0.5, 0.6) is 0 Å². The molecule has 0 heterocycles. The molecule has 2 nitrogen and oxygen atoms in total. The van der Waals surface area contributed by atoms with Crippen LogP contribution in [0.4, 0.5) is 4.39 Å². The van der Waals surface area contributed by atoms with Crippen molar-refractivity contribution < 1.29 is 4.39 Å². The van der Waals surface area contributed by atoms with E-state index in [0.29, 0.717) is 30.6 Å². The summed E-state index contributed by atoms with van der Waals surface area (Å²) < 4.78 is 13.3. The zero-order valence-electron chi connectivity index (χ0n) is 8.26. The van der Waals surface area contributed by atoms with Crippen LogP contribution >= 0.6 is 0 Å². The molecule has 0 unspecified atom stereocenters. The Morgan fingerprint density at radius 3 is 2.87 bits per heavy atom. The molecule has 1 aromatic rings. The van der Waals surface area contributed by atoms with Crippen molar-refractivity contribution in [2.24, 2.45) is 0 Å². The van der Waals surface area contributed by atoms with E-state index in [9.17, 15) is 4.39 Å². The zero-order valence-corrected chi connectivity index (χ0v) is 8.26. The number of hydrogen-bond donors (Lipinski definition) is 1. The number of nitrogens with zero attached hydrogens (tertiary/aromatic N) is 1. The van der Waals surface area contributed by atoms with Crippen LogP contribution in [0.3, 0.4) is 0 Å². The third-order valence-corrected chi connectivity index (χ3v) is 1.94. The second-order valence-electron chi connectivity index (χ2n) is 3.05. The average molecular weight is 202 g/mol. The predicted octanol–water partition coefficient (Wildman–Crippen LogP) is 1.81. The van der Waals surface area contributed by atoms with E-state index in [1.165, 1.54) is 6.07 Å². The topological polar surface area (TPSA) is 35.8 Å². The molecule has 0 fully saturated rings. The van der Waals surface area contributed by atoms with Crippen LogP contribution in [0.15, 0.2) is 18.2 Å². The zero-order chi connectivity index (χ0) is 11.1. The minimum absolute atomic E-state index is 0.333. The van der Waals surface area contributed by atoms with Gasteiger partial charge in [0.25, 0.3) is 0 Å². The van der Waals surface area contributed by atoms with Crippen molar-refractivity contribution >= 4 is 0 Å². The Bertz CT molecular complexity index is 413. The van der Waals surface area contributed by atoms with Gasteiger partial charge >= 0.3 is 0 Å². The summed E-state index contributed by atoms with van der Waals surface area (Å²) in [6.07, 6.45) is 5.70. The maximum Gasteiger partial charge on any atom is 0.129 e. The second kappa shape index (κ2) is 5.80. The minimum atomic E-state index is -0.359. The van der Waals surface area contributed by atoms with E-state index < -0.39 is 0 Å². The van der Waals surface area contributed by atoms with Crippen LogP contribution < -0.4 is 5.32 Å². The van der Waals surface area contributed by atoms with Crippen molar-refractivity contribution in [3.8, 4) is 18.4 Å². The van der Waals surface area contributed by atoms with Gasteiger partial charge in [-0.15, -0.1) is 12.3 Å². The number of terminal acetylenes is 1. The van der Waals surface area contributed by atoms with E-state index in [1.807, 2.05) is 6.07 Å². The van der Waals surface area contributed by atoms with Crippen molar-refractivity contribution in [1.82, 2.24) is 5.32 Å². The third-order valence-electron chi connectivity index (χ3n) is 1.94. The van der Waals surface area contributed by atoms with E-state index >= 15 is 0 Å². The molecule has 0 aliphatic heterocycles. The molecule has 15 heavy (non-hydrogen) atoms. The SMILES string of the molecule is C#CCCNCc1ccc(C#N)cc1F. The molecule has 1 aromatic carbocycles. The number of nitrogens with one attached hydrogen (secondary N) is 1. The fourth-order valence-electron chi connectivity index (χ4n) is 1.14. The highest BCUT2D eigenvalue weighted by Crippen LogP contribution is 2.09. The highest BCUT2D eigenvalue weighted by Gasteiger charge is 2.02. The first-order valence-electron chi connectivity index (χ1n) is 4.60. The molecular weight excluding hydrogens is 191 g/mol. The third kappa shape index (κ3) is 3.42. The summed E-state index contributed by atoms with van der Waals surface area (Å²) in [5.41, 5.74) is 0.880. The normalized spacial score (nSPS) is 9.27. The molecule has 1 N–H and O–H groups in total. The molecule has 0 saturated carbocycles. The molecule has 0 radical (unpaired) electrons. The second-order valence-corrected chi connectivity index (χ2v) is 3.05. The molecule has 0 aromatic heterocycles. The van der Waals surface area contributed by atoms with E-state index in [4.69, 9.17) is 11.7 Å². The molecule has 0 saturated heterocycles. The van der Waals surface area contributed by atoms with Gasteiger partial charge in [-0.05, 0) is 12.1 Å². The predicted molar refractivity (Wildman–Crippen MR) is 56.3 cm³/mol. The molecule has 76 valence electrons. The summed E-state index contributed by atoms with van der Waals surface area (Å²) in [6, 6.07) is 6.33. The van der Waals surface area contributed by atoms with Crippen molar-refractivity contribution in [3.05, 3.63) is 35.1 Å². The lowest BCUT2D eigenvalue weighted by Gasteiger charge is -2.04. The van der Waals surface area contributed by atoms with E-state index in [-0.39, 0.29) is 5.82 Å². The average Bonchev–Trinajstić information content (AvgIpc) is 2.26. The molecule has 0 amide bonds. The van der Waals surface area contributed by atoms with Gasteiger partial charge in [0.2, 0.25) is 0 Å². The summed E-state index contributed by atoms with van der Waals surface area (Å²) in [7, 11) is 0. The highest BCUT2D eigenvalue weighted by atomic mass is 19.1. The quantitative estimate of drug-likeness (QED) is 0.597. The van der Waals surface area contributed by atoms with Crippen LogP contribution in [0.25, 0.3) is 0 Å². The van der Waals surface area contributed by atoms with Gasteiger partial charge in [-0.3, -0.25) is 0 Å². The minimum Gasteiger partial charge on any atom is -0.312 e. The summed E-state index contributed by atoms with van der Waals surface area (Å²) in [6.45, 7) is 1.09. The highest BCUT2D eigenvalue weighted by molar-refractivity contribution is 5.32. The van der Waals surface area contributed by atoms with Gasteiger partial charge < -0.3 is 5.32 Å². The lowest BCUT2D eigenvalue weighted by molar-refractivity contribution is 0.590. The molecule has 0 atom stereocenters. The van der Waals surface area contributed by atoms with E-state index in [1.54, 1.807) is 12.1 Å². The van der Waals surface area contributed by atoms with Crippen LogP contribution in [-0.4, -0.2) is 6.54 Å². The Balaban J connectivity index is 2.56. The monoisotopic (exact) mass is 202 g/mol. The van der Waals surface area contributed by atoms with Crippen LogP contribution in [-0.2, 0) is 6.54 Å². The van der Waals surface area contributed by atoms with Crippen molar-refractivity contribution in [1.29, 1.82) is 5.26 Å². The summed E-state index contributed by atoms with van der Waals surface area (Å²) in [5, 5.41) is 11.6. The molecule has 0 aliphatic rings. The number of nitriles is 1. The molecule has 1 rings (SSSR count). The summed E-state index contributed by atoms with van der Waals surface area (Å²) in [4.78, 5) is 0.